The van der Waals surface area contributed by atoms with Crippen LogP contribution in [0, 0.1) is 0 Å². The minimum Gasteiger partial charge on any atom is -0.298 e. The van der Waals surface area contributed by atoms with E-state index in [0.29, 0.717) is 0 Å². The Morgan fingerprint density at radius 2 is 1.11 bits per heavy atom. The number of ketones is 1. The van der Waals surface area contributed by atoms with Crippen molar-refractivity contribution in [2.45, 2.75) is 18.7 Å². The maximum Gasteiger partial charge on any atom is 0.482 e. The summed E-state index contributed by atoms with van der Waals surface area (Å²) in [6, 6.07) is 3.71. The molecular weight excluding hydrogens is 393 g/mol. The minimum absolute atomic E-state index is 0.132. The van der Waals surface area contributed by atoms with Gasteiger partial charge in [0.25, 0.3) is 0 Å². The van der Waals surface area contributed by atoms with Crippen LogP contribution in [0.3, 0.4) is 0 Å². The molecule has 2 rings (SSSR count). The number of rotatable bonds is 3. The number of nitrogens with one attached hydrogen (secondary N) is 1. The van der Waals surface area contributed by atoms with Crippen molar-refractivity contribution < 1.29 is 44.3 Å². The van der Waals surface area contributed by atoms with E-state index in [2.05, 4.69) is 0 Å². The second kappa shape index (κ2) is 6.78. The summed E-state index contributed by atoms with van der Waals surface area (Å²) in [5.74, 6) is -1.20. The van der Waals surface area contributed by atoms with Crippen molar-refractivity contribution in [1.29, 1.82) is 0 Å². The summed E-state index contributed by atoms with van der Waals surface area (Å²) in [6.07, 6.45) is -15.0. The van der Waals surface area contributed by atoms with Crippen LogP contribution in [-0.2, 0) is 12.4 Å². The molecule has 0 fully saturated rings. The molecule has 2 aromatic rings. The van der Waals surface area contributed by atoms with Crippen LogP contribution in [0.4, 0.5) is 45.2 Å². The van der Waals surface area contributed by atoms with Crippen LogP contribution in [0.1, 0.15) is 27.0 Å². The van der Waals surface area contributed by atoms with E-state index in [4.69, 9.17) is 0 Å². The first-order chi connectivity index (χ1) is 12.2. The Balaban J connectivity index is 2.43. The lowest BCUT2D eigenvalue weighted by Gasteiger charge is -2.14. The molecule has 0 heterocycles. The van der Waals surface area contributed by atoms with Crippen molar-refractivity contribution in [3.8, 4) is 0 Å². The third kappa shape index (κ3) is 5.38. The molecular formula is C16H8F9NO. The zero-order valence-corrected chi connectivity index (χ0v) is 12.9. The van der Waals surface area contributed by atoms with Gasteiger partial charge in [0.05, 0.1) is 11.1 Å². The Hall–Kier alpha value is -2.72. The highest BCUT2D eigenvalue weighted by Crippen LogP contribution is 2.36. The van der Waals surface area contributed by atoms with Gasteiger partial charge in [-0.2, -0.15) is 39.5 Å². The summed E-state index contributed by atoms with van der Waals surface area (Å²) < 4.78 is 113. The van der Waals surface area contributed by atoms with Crippen molar-refractivity contribution >= 4 is 11.5 Å². The van der Waals surface area contributed by atoms with Crippen molar-refractivity contribution in [3.63, 3.8) is 0 Å². The van der Waals surface area contributed by atoms with Crippen LogP contribution in [0.2, 0.25) is 0 Å². The first kappa shape index (κ1) is 20.6. The zero-order chi connectivity index (χ0) is 20.6. The fraction of sp³-hybridized carbons (Fsp3) is 0.188. The Morgan fingerprint density at radius 1 is 0.667 bits per heavy atom. The molecule has 11 heteroatoms. The molecule has 0 radical (unpaired) electrons. The molecule has 0 saturated heterocycles. The lowest BCUT2D eigenvalue weighted by molar-refractivity contribution is -0.143. The average Bonchev–Trinajstić information content (AvgIpc) is 2.51. The van der Waals surface area contributed by atoms with Crippen LogP contribution < -0.4 is 5.32 Å². The van der Waals surface area contributed by atoms with E-state index >= 15 is 0 Å². The lowest BCUT2D eigenvalue weighted by atomic mass is 9.98. The Labute approximate surface area is 145 Å². The topological polar surface area (TPSA) is 29.1 Å². The van der Waals surface area contributed by atoms with Crippen molar-refractivity contribution in [2.24, 2.45) is 0 Å². The van der Waals surface area contributed by atoms with Crippen molar-refractivity contribution in [3.05, 3.63) is 64.7 Å². The molecule has 0 aliphatic carbocycles. The number of hydrogen-bond donors (Lipinski definition) is 1. The Kier molecular flexibility index (Phi) is 5.17. The maximum atomic E-state index is 12.8. The second-order valence-electron chi connectivity index (χ2n) is 5.32. The third-order valence-electron chi connectivity index (χ3n) is 3.28. The standard InChI is InChI=1S/C16H8F9NO/c17-14(18,19)10-5-9(6-11(7-10)15(20,21)22)13(27)8-1-3-12(4-2-8)26-16(23,24)25/h1-7,26H. The first-order valence-corrected chi connectivity index (χ1v) is 6.96. The van der Waals surface area contributed by atoms with Crippen molar-refractivity contribution in [1.82, 2.24) is 0 Å². The molecule has 2 nitrogen and oxygen atoms in total. The Morgan fingerprint density at radius 3 is 1.48 bits per heavy atom. The van der Waals surface area contributed by atoms with E-state index in [9.17, 15) is 44.3 Å². The SMILES string of the molecule is O=C(c1ccc(NC(F)(F)F)cc1)c1cc(C(F)(F)F)cc(C(F)(F)F)c1. The van der Waals surface area contributed by atoms with E-state index in [0.717, 1.165) is 29.6 Å². The molecule has 0 atom stereocenters. The molecule has 0 spiro atoms. The molecule has 27 heavy (non-hydrogen) atoms. The molecule has 0 saturated carbocycles. The normalized spacial score (nSPS) is 12.8. The molecule has 146 valence electrons. The van der Waals surface area contributed by atoms with Crippen LogP contribution in [0.5, 0.6) is 0 Å². The molecule has 0 aliphatic rings. The molecule has 1 N–H and O–H groups in total. The number of hydrogen-bond acceptors (Lipinski definition) is 2. The van der Waals surface area contributed by atoms with Gasteiger partial charge < -0.3 is 0 Å². The number of benzene rings is 2. The van der Waals surface area contributed by atoms with Crippen LogP contribution in [0.25, 0.3) is 0 Å². The summed E-state index contributed by atoms with van der Waals surface area (Å²) in [7, 11) is 0. The van der Waals surface area contributed by atoms with Gasteiger partial charge in [-0.1, -0.05) is 0 Å². The van der Waals surface area contributed by atoms with Gasteiger partial charge in [-0.25, -0.2) is 0 Å². The Bertz CT molecular complexity index is 801. The molecule has 0 aliphatic heterocycles. The number of carbonyl (C=O) groups is 1. The second-order valence-corrected chi connectivity index (χ2v) is 5.32. The molecule has 0 amide bonds. The predicted molar refractivity (Wildman–Crippen MR) is 76.0 cm³/mol. The summed E-state index contributed by atoms with van der Waals surface area (Å²) >= 11 is 0. The first-order valence-electron chi connectivity index (χ1n) is 6.96. The number of anilines is 1. The molecule has 0 aromatic heterocycles. The number of halogens is 9. The van der Waals surface area contributed by atoms with Crippen LogP contribution in [0.15, 0.2) is 42.5 Å². The summed E-state index contributed by atoms with van der Waals surface area (Å²) in [6.45, 7) is 0. The van der Waals surface area contributed by atoms with Crippen LogP contribution >= 0.6 is 0 Å². The zero-order valence-electron chi connectivity index (χ0n) is 12.9. The maximum absolute atomic E-state index is 12.8. The summed E-state index contributed by atoms with van der Waals surface area (Å²) in [5.41, 5.74) is -5.07. The minimum atomic E-state index is -5.13. The number of alkyl halides is 9. The summed E-state index contributed by atoms with van der Waals surface area (Å²) in [4.78, 5) is 12.2. The predicted octanol–water partition coefficient (Wildman–Crippen LogP) is 5.89. The smallest absolute Gasteiger partial charge is 0.298 e. The van der Waals surface area contributed by atoms with Gasteiger partial charge in [-0.05, 0) is 42.5 Å². The number of carbonyl (C=O) groups excluding carboxylic acids is 1. The largest absolute Gasteiger partial charge is 0.482 e. The van der Waals surface area contributed by atoms with Gasteiger partial charge in [0.15, 0.2) is 5.78 Å². The molecule has 2 aromatic carbocycles. The average molecular weight is 401 g/mol. The van der Waals surface area contributed by atoms with E-state index in [1.807, 2.05) is 0 Å². The summed E-state index contributed by atoms with van der Waals surface area (Å²) in [5, 5.41) is 1.14. The van der Waals surface area contributed by atoms with E-state index < -0.39 is 46.8 Å². The highest BCUT2D eigenvalue weighted by atomic mass is 19.4. The highest BCUT2D eigenvalue weighted by molar-refractivity contribution is 6.09. The van der Waals surface area contributed by atoms with Gasteiger partial charge in [0.1, 0.15) is 0 Å². The van der Waals surface area contributed by atoms with E-state index in [1.165, 1.54) is 0 Å². The molecule has 0 unspecified atom stereocenters. The molecule has 0 bridgehead atoms. The van der Waals surface area contributed by atoms with Gasteiger partial charge in [-0.15, -0.1) is 0 Å². The van der Waals surface area contributed by atoms with Crippen LogP contribution in [-0.4, -0.2) is 12.1 Å². The quantitative estimate of drug-likeness (QED) is 0.395. The van der Waals surface area contributed by atoms with Gasteiger partial charge in [0.2, 0.25) is 0 Å². The van der Waals surface area contributed by atoms with Crippen molar-refractivity contribution in [2.75, 3.05) is 5.32 Å². The van der Waals surface area contributed by atoms with Gasteiger partial charge >= 0.3 is 18.7 Å². The van der Waals surface area contributed by atoms with E-state index in [1.54, 1.807) is 0 Å². The highest BCUT2D eigenvalue weighted by Gasteiger charge is 2.37. The fourth-order valence-corrected chi connectivity index (χ4v) is 2.12. The third-order valence-corrected chi connectivity index (χ3v) is 3.28. The monoisotopic (exact) mass is 401 g/mol. The van der Waals surface area contributed by atoms with Gasteiger partial charge in [0, 0.05) is 16.8 Å². The fourth-order valence-electron chi connectivity index (χ4n) is 2.12. The van der Waals surface area contributed by atoms with Gasteiger partial charge in [-0.3, -0.25) is 10.1 Å². The lowest BCUT2D eigenvalue weighted by Crippen LogP contribution is -2.20. The van der Waals surface area contributed by atoms with E-state index in [-0.39, 0.29) is 23.8 Å².